The van der Waals surface area contributed by atoms with Gasteiger partial charge in [0.1, 0.15) is 17.0 Å². The van der Waals surface area contributed by atoms with Crippen LogP contribution in [0.1, 0.15) is 39.2 Å². The Labute approximate surface area is 157 Å². The number of rotatable bonds is 7. The van der Waals surface area contributed by atoms with E-state index in [1.807, 2.05) is 0 Å². The molecule has 1 aliphatic rings. The molecule has 1 aromatic rings. The molecule has 0 spiro atoms. The summed E-state index contributed by atoms with van der Waals surface area (Å²) in [5.41, 5.74) is -0.146. The second-order valence-electron chi connectivity index (χ2n) is 6.88. The molecule has 0 aliphatic carbocycles. The summed E-state index contributed by atoms with van der Waals surface area (Å²) in [6.45, 7) is 6.12. The average molecular weight is 413 g/mol. The molecule has 1 fully saturated rings. The predicted octanol–water partition coefficient (Wildman–Crippen LogP) is 3.71. The van der Waals surface area contributed by atoms with Gasteiger partial charge < -0.3 is 14.8 Å². The molecule has 1 heterocycles. The lowest BCUT2D eigenvalue weighted by atomic mass is 9.92. The molecule has 1 atom stereocenters. The van der Waals surface area contributed by atoms with Gasteiger partial charge in [0, 0.05) is 5.56 Å². The number of hydrogen-bond donors (Lipinski definition) is 1. The van der Waals surface area contributed by atoms with Crippen LogP contribution in [0, 0.1) is 5.92 Å². The van der Waals surface area contributed by atoms with Gasteiger partial charge in [-0.3, -0.25) is 9.69 Å². The highest BCUT2D eigenvalue weighted by Crippen LogP contribution is 2.34. The van der Waals surface area contributed by atoms with Gasteiger partial charge in [0.05, 0.1) is 25.2 Å². The number of ether oxygens (including phenoxy) is 2. The number of hydrogen-bond acceptors (Lipinski definition) is 4. The van der Waals surface area contributed by atoms with E-state index in [1.165, 1.54) is 4.90 Å². The number of nitrogens with one attached hydrogen (secondary N) is 1. The average Bonchev–Trinajstić information content (AvgIpc) is 2.77. The molecule has 1 N–H and O–H groups in total. The molecule has 0 saturated carbocycles. The van der Waals surface area contributed by atoms with Crippen LogP contribution in [-0.4, -0.2) is 36.6 Å². The maximum absolute atomic E-state index is 12.8. The van der Waals surface area contributed by atoms with E-state index in [4.69, 9.17) is 9.47 Å². The highest BCUT2D eigenvalue weighted by atomic mass is 79.9. The summed E-state index contributed by atoms with van der Waals surface area (Å²) >= 11 is 3.41. The molecule has 1 unspecified atom stereocenters. The molecule has 138 valence electrons. The van der Waals surface area contributed by atoms with E-state index in [1.54, 1.807) is 33.3 Å². The summed E-state index contributed by atoms with van der Waals surface area (Å²) in [7, 11) is 3.11. The van der Waals surface area contributed by atoms with E-state index in [9.17, 15) is 9.59 Å². The molecule has 3 amide bonds. The minimum Gasteiger partial charge on any atom is -0.496 e. The number of halogens is 1. The Balaban J connectivity index is 2.25. The van der Waals surface area contributed by atoms with Crippen molar-refractivity contribution >= 4 is 27.9 Å². The second kappa shape index (κ2) is 7.64. The summed E-state index contributed by atoms with van der Waals surface area (Å²) < 4.78 is 11.4. The van der Waals surface area contributed by atoms with Crippen molar-refractivity contribution in [2.75, 3.05) is 14.2 Å². The molecule has 0 radical (unpaired) electrons. The Kier molecular flexibility index (Phi) is 5.98. The van der Waals surface area contributed by atoms with E-state index >= 15 is 0 Å². The van der Waals surface area contributed by atoms with Crippen molar-refractivity contribution in [3.8, 4) is 11.5 Å². The second-order valence-corrected chi connectivity index (χ2v) is 7.74. The third-order valence-electron chi connectivity index (χ3n) is 4.45. The van der Waals surface area contributed by atoms with Crippen LogP contribution >= 0.6 is 15.9 Å². The minimum absolute atomic E-state index is 0.134. The van der Waals surface area contributed by atoms with Gasteiger partial charge in [0.2, 0.25) is 0 Å². The first-order valence-electron chi connectivity index (χ1n) is 8.26. The van der Waals surface area contributed by atoms with Crippen LogP contribution in [0.25, 0.3) is 0 Å². The number of nitrogens with zero attached hydrogens (tertiary/aromatic N) is 1. The molecule has 25 heavy (non-hydrogen) atoms. The molecule has 0 bridgehead atoms. The van der Waals surface area contributed by atoms with Crippen LogP contribution in [0.5, 0.6) is 11.5 Å². The number of carbonyl (C=O) groups excluding carboxylic acids is 2. The van der Waals surface area contributed by atoms with Crippen LogP contribution < -0.4 is 14.8 Å². The standard InChI is InChI=1S/C18H25BrN2O4/c1-11(2)6-7-18(3)16(22)21(17(23)20-18)10-12-8-15(25-5)13(19)9-14(12)24-4/h8-9,11H,6-7,10H2,1-5H3,(H,20,23). The van der Waals surface area contributed by atoms with Crippen LogP contribution in [0.15, 0.2) is 16.6 Å². The lowest BCUT2D eigenvalue weighted by Crippen LogP contribution is -2.44. The zero-order chi connectivity index (χ0) is 18.8. The number of carbonyl (C=O) groups is 2. The number of imide groups is 1. The fraction of sp³-hybridized carbons (Fsp3) is 0.556. The van der Waals surface area contributed by atoms with Crippen molar-refractivity contribution < 1.29 is 19.1 Å². The molecule has 6 nitrogen and oxygen atoms in total. The number of urea groups is 1. The van der Waals surface area contributed by atoms with Gasteiger partial charge in [0.15, 0.2) is 0 Å². The smallest absolute Gasteiger partial charge is 0.325 e. The van der Waals surface area contributed by atoms with Crippen LogP contribution in [-0.2, 0) is 11.3 Å². The molecule has 0 aromatic heterocycles. The largest absolute Gasteiger partial charge is 0.496 e. The van der Waals surface area contributed by atoms with Crippen molar-refractivity contribution in [2.24, 2.45) is 5.92 Å². The maximum atomic E-state index is 12.8. The molecule has 2 rings (SSSR count). The van der Waals surface area contributed by atoms with Crippen molar-refractivity contribution in [3.05, 3.63) is 22.2 Å². The van der Waals surface area contributed by atoms with Crippen molar-refractivity contribution in [1.29, 1.82) is 0 Å². The lowest BCUT2D eigenvalue weighted by Gasteiger charge is -2.23. The molecule has 1 aromatic carbocycles. The van der Waals surface area contributed by atoms with Crippen LogP contribution in [0.4, 0.5) is 4.79 Å². The Morgan fingerprint density at radius 3 is 2.40 bits per heavy atom. The Morgan fingerprint density at radius 1 is 1.20 bits per heavy atom. The van der Waals surface area contributed by atoms with Gasteiger partial charge in [-0.15, -0.1) is 0 Å². The van der Waals surface area contributed by atoms with Gasteiger partial charge >= 0.3 is 6.03 Å². The first-order chi connectivity index (χ1) is 11.7. The summed E-state index contributed by atoms with van der Waals surface area (Å²) in [4.78, 5) is 26.5. The first kappa shape index (κ1) is 19.6. The Bertz CT molecular complexity index is 677. The lowest BCUT2D eigenvalue weighted by molar-refractivity contribution is -0.131. The topological polar surface area (TPSA) is 67.9 Å². The monoisotopic (exact) mass is 412 g/mol. The predicted molar refractivity (Wildman–Crippen MR) is 98.8 cm³/mol. The third kappa shape index (κ3) is 4.08. The fourth-order valence-electron chi connectivity index (χ4n) is 2.86. The number of benzene rings is 1. The van der Waals surface area contributed by atoms with Gasteiger partial charge in [-0.25, -0.2) is 4.79 Å². The van der Waals surface area contributed by atoms with E-state index in [0.717, 1.165) is 10.9 Å². The van der Waals surface area contributed by atoms with E-state index in [-0.39, 0.29) is 18.5 Å². The van der Waals surface area contributed by atoms with E-state index in [2.05, 4.69) is 35.1 Å². The van der Waals surface area contributed by atoms with Crippen molar-refractivity contribution in [3.63, 3.8) is 0 Å². The quantitative estimate of drug-likeness (QED) is 0.692. The Morgan fingerprint density at radius 2 is 1.84 bits per heavy atom. The van der Waals surface area contributed by atoms with Gasteiger partial charge in [-0.1, -0.05) is 13.8 Å². The normalized spacial score (nSPS) is 20.2. The molecule has 1 aliphatic heterocycles. The molecular formula is C18H25BrN2O4. The fourth-order valence-corrected chi connectivity index (χ4v) is 3.34. The van der Waals surface area contributed by atoms with E-state index in [0.29, 0.717) is 29.4 Å². The summed E-state index contributed by atoms with van der Waals surface area (Å²) in [6, 6.07) is 3.16. The first-order valence-corrected chi connectivity index (χ1v) is 9.05. The van der Waals surface area contributed by atoms with E-state index < -0.39 is 5.54 Å². The number of amides is 3. The van der Waals surface area contributed by atoms with Crippen LogP contribution in [0.2, 0.25) is 0 Å². The molecule has 1 saturated heterocycles. The highest BCUT2D eigenvalue weighted by Gasteiger charge is 2.47. The highest BCUT2D eigenvalue weighted by molar-refractivity contribution is 9.10. The van der Waals surface area contributed by atoms with Crippen molar-refractivity contribution in [1.82, 2.24) is 10.2 Å². The minimum atomic E-state index is -0.853. The van der Waals surface area contributed by atoms with Gasteiger partial charge in [-0.2, -0.15) is 0 Å². The zero-order valence-electron chi connectivity index (χ0n) is 15.3. The summed E-state index contributed by atoms with van der Waals surface area (Å²) in [6.07, 6.45) is 1.48. The molecule has 7 heteroatoms. The van der Waals surface area contributed by atoms with Crippen molar-refractivity contribution in [2.45, 2.75) is 45.7 Å². The summed E-state index contributed by atoms with van der Waals surface area (Å²) in [5.74, 6) is 1.46. The van der Waals surface area contributed by atoms with Gasteiger partial charge in [-0.05, 0) is 53.7 Å². The van der Waals surface area contributed by atoms with Crippen LogP contribution in [0.3, 0.4) is 0 Å². The SMILES string of the molecule is COc1cc(CN2C(=O)NC(C)(CCC(C)C)C2=O)c(OC)cc1Br. The zero-order valence-corrected chi connectivity index (χ0v) is 16.9. The number of methoxy groups -OCH3 is 2. The molecular weight excluding hydrogens is 388 g/mol. The Hall–Kier alpha value is -1.76. The summed E-state index contributed by atoms with van der Waals surface area (Å²) in [5, 5.41) is 2.84. The maximum Gasteiger partial charge on any atom is 0.325 e. The van der Waals surface area contributed by atoms with Gasteiger partial charge in [0.25, 0.3) is 5.91 Å². The third-order valence-corrected chi connectivity index (χ3v) is 5.07.